The lowest BCUT2D eigenvalue weighted by atomic mass is 9.98. The molecule has 0 amide bonds. The quantitative estimate of drug-likeness (QED) is 0.816. The minimum Gasteiger partial charge on any atom is -0.376 e. The van der Waals surface area contributed by atoms with Gasteiger partial charge in [0.15, 0.2) is 0 Å². The van der Waals surface area contributed by atoms with E-state index in [0.29, 0.717) is 18.1 Å². The summed E-state index contributed by atoms with van der Waals surface area (Å²) < 4.78 is 6.17. The minimum atomic E-state index is 0.312. The van der Waals surface area contributed by atoms with E-state index in [1.165, 1.54) is 24.0 Å². The highest BCUT2D eigenvalue weighted by Crippen LogP contribution is 2.30. The fourth-order valence-corrected chi connectivity index (χ4v) is 2.90. The van der Waals surface area contributed by atoms with Crippen LogP contribution in [0.1, 0.15) is 50.3 Å². The third kappa shape index (κ3) is 3.80. The SMILES string of the molecule is CNC1c2ccccc2CCCC1OCCC(C)C. The molecule has 0 aliphatic heterocycles. The van der Waals surface area contributed by atoms with E-state index >= 15 is 0 Å². The van der Waals surface area contributed by atoms with E-state index in [-0.39, 0.29) is 0 Å². The van der Waals surface area contributed by atoms with Crippen molar-refractivity contribution < 1.29 is 4.74 Å². The molecule has 19 heavy (non-hydrogen) atoms. The molecule has 0 heterocycles. The maximum Gasteiger partial charge on any atom is 0.0769 e. The average molecular weight is 261 g/mol. The molecule has 2 unspecified atom stereocenters. The smallest absolute Gasteiger partial charge is 0.0769 e. The van der Waals surface area contributed by atoms with E-state index in [4.69, 9.17) is 4.74 Å². The second kappa shape index (κ2) is 7.06. The number of likely N-dealkylation sites (N-methyl/N-ethyl adjacent to an activating group) is 1. The summed E-state index contributed by atoms with van der Waals surface area (Å²) in [5.74, 6) is 0.714. The van der Waals surface area contributed by atoms with Gasteiger partial charge < -0.3 is 10.1 Å². The maximum absolute atomic E-state index is 6.17. The van der Waals surface area contributed by atoms with Crippen molar-refractivity contribution in [3.05, 3.63) is 35.4 Å². The number of benzene rings is 1. The van der Waals surface area contributed by atoms with Crippen molar-refractivity contribution >= 4 is 0 Å². The summed E-state index contributed by atoms with van der Waals surface area (Å²) >= 11 is 0. The zero-order valence-corrected chi connectivity index (χ0v) is 12.5. The summed E-state index contributed by atoms with van der Waals surface area (Å²) in [7, 11) is 2.05. The van der Waals surface area contributed by atoms with Gasteiger partial charge in [0.2, 0.25) is 0 Å². The highest BCUT2D eigenvalue weighted by molar-refractivity contribution is 5.32. The zero-order valence-electron chi connectivity index (χ0n) is 12.5. The first kappa shape index (κ1) is 14.5. The van der Waals surface area contributed by atoms with Crippen LogP contribution < -0.4 is 5.32 Å². The fraction of sp³-hybridized carbons (Fsp3) is 0.647. The molecule has 0 fully saturated rings. The van der Waals surface area contributed by atoms with Crippen LogP contribution in [0.2, 0.25) is 0 Å². The van der Waals surface area contributed by atoms with Crippen LogP contribution in [0.15, 0.2) is 24.3 Å². The number of hydrogen-bond acceptors (Lipinski definition) is 2. The third-order valence-corrected chi connectivity index (χ3v) is 4.03. The van der Waals surface area contributed by atoms with Crippen LogP contribution in [0.25, 0.3) is 0 Å². The number of hydrogen-bond donors (Lipinski definition) is 1. The maximum atomic E-state index is 6.17. The molecule has 0 radical (unpaired) electrons. The Morgan fingerprint density at radius 3 is 2.84 bits per heavy atom. The molecule has 1 aromatic rings. The molecule has 106 valence electrons. The van der Waals surface area contributed by atoms with Gasteiger partial charge in [0.1, 0.15) is 0 Å². The minimum absolute atomic E-state index is 0.312. The largest absolute Gasteiger partial charge is 0.376 e. The van der Waals surface area contributed by atoms with Crippen molar-refractivity contribution in [2.75, 3.05) is 13.7 Å². The Hall–Kier alpha value is -0.860. The van der Waals surface area contributed by atoms with Crippen LogP contribution in [0.3, 0.4) is 0 Å². The Kier molecular flexibility index (Phi) is 5.41. The zero-order chi connectivity index (χ0) is 13.7. The van der Waals surface area contributed by atoms with E-state index in [1.54, 1.807) is 0 Å². The Balaban J connectivity index is 2.07. The van der Waals surface area contributed by atoms with E-state index in [1.807, 2.05) is 7.05 Å². The Bertz CT molecular complexity index is 389. The van der Waals surface area contributed by atoms with E-state index in [9.17, 15) is 0 Å². The Morgan fingerprint density at radius 1 is 1.32 bits per heavy atom. The number of nitrogens with one attached hydrogen (secondary N) is 1. The summed E-state index contributed by atoms with van der Waals surface area (Å²) in [5.41, 5.74) is 2.91. The molecule has 0 aromatic heterocycles. The lowest BCUT2D eigenvalue weighted by Gasteiger charge is -2.27. The van der Waals surface area contributed by atoms with Gasteiger partial charge >= 0.3 is 0 Å². The van der Waals surface area contributed by atoms with Crippen molar-refractivity contribution in [2.24, 2.45) is 5.92 Å². The Labute approximate surface area is 117 Å². The fourth-order valence-electron chi connectivity index (χ4n) is 2.90. The number of rotatable bonds is 5. The van der Waals surface area contributed by atoms with Crippen molar-refractivity contribution in [3.63, 3.8) is 0 Å². The van der Waals surface area contributed by atoms with Crippen LogP contribution in [-0.2, 0) is 11.2 Å². The molecule has 2 rings (SSSR count). The van der Waals surface area contributed by atoms with E-state index in [2.05, 4.69) is 43.4 Å². The molecule has 0 saturated heterocycles. The van der Waals surface area contributed by atoms with Gasteiger partial charge in [0.25, 0.3) is 0 Å². The second-order valence-electron chi connectivity index (χ2n) is 5.95. The molecule has 0 bridgehead atoms. The lowest BCUT2D eigenvalue weighted by molar-refractivity contribution is 0.0173. The van der Waals surface area contributed by atoms with Crippen molar-refractivity contribution in [2.45, 2.75) is 51.7 Å². The molecule has 1 aromatic carbocycles. The van der Waals surface area contributed by atoms with Crippen LogP contribution in [0.4, 0.5) is 0 Å². The summed E-state index contributed by atoms with van der Waals surface area (Å²) in [6.07, 6.45) is 5.01. The van der Waals surface area contributed by atoms with Crippen molar-refractivity contribution in [3.8, 4) is 0 Å². The molecular weight excluding hydrogens is 234 g/mol. The van der Waals surface area contributed by atoms with Gasteiger partial charge in [-0.1, -0.05) is 38.1 Å². The molecule has 2 nitrogen and oxygen atoms in total. The third-order valence-electron chi connectivity index (χ3n) is 4.03. The summed E-state index contributed by atoms with van der Waals surface area (Å²) in [5, 5.41) is 3.46. The molecular formula is C17H27NO. The van der Waals surface area contributed by atoms with Gasteiger partial charge in [-0.15, -0.1) is 0 Å². The first-order valence-corrected chi connectivity index (χ1v) is 7.59. The predicted octanol–water partition coefficient (Wildman–Crippen LogP) is 3.71. The molecule has 0 spiro atoms. The van der Waals surface area contributed by atoms with E-state index in [0.717, 1.165) is 19.4 Å². The van der Waals surface area contributed by atoms with Crippen molar-refractivity contribution in [1.29, 1.82) is 0 Å². The first-order chi connectivity index (χ1) is 9.22. The van der Waals surface area contributed by atoms with Crippen LogP contribution in [-0.4, -0.2) is 19.8 Å². The van der Waals surface area contributed by atoms with E-state index < -0.39 is 0 Å². The standard InChI is InChI=1S/C17H27NO/c1-13(2)11-12-19-16-10-6-8-14-7-4-5-9-15(14)17(16)18-3/h4-5,7,9,13,16-18H,6,8,10-12H2,1-3H3. The monoisotopic (exact) mass is 261 g/mol. The summed E-state index contributed by atoms with van der Waals surface area (Å²) in [6.45, 7) is 5.38. The normalized spacial score (nSPS) is 23.2. The van der Waals surface area contributed by atoms with Crippen molar-refractivity contribution in [1.82, 2.24) is 5.32 Å². The van der Waals surface area contributed by atoms with Crippen LogP contribution in [0, 0.1) is 5.92 Å². The lowest BCUT2D eigenvalue weighted by Crippen LogP contribution is -2.31. The molecule has 2 atom stereocenters. The number of ether oxygens (including phenoxy) is 1. The second-order valence-corrected chi connectivity index (χ2v) is 5.95. The van der Waals surface area contributed by atoms with Gasteiger partial charge in [0.05, 0.1) is 12.1 Å². The molecule has 0 saturated carbocycles. The van der Waals surface area contributed by atoms with Gasteiger partial charge in [-0.05, 0) is 49.8 Å². The highest BCUT2D eigenvalue weighted by atomic mass is 16.5. The Morgan fingerprint density at radius 2 is 2.11 bits per heavy atom. The van der Waals surface area contributed by atoms with Crippen LogP contribution in [0.5, 0.6) is 0 Å². The molecule has 1 aliphatic rings. The van der Waals surface area contributed by atoms with Gasteiger partial charge in [0, 0.05) is 6.61 Å². The molecule has 1 N–H and O–H groups in total. The van der Waals surface area contributed by atoms with Crippen LogP contribution >= 0.6 is 0 Å². The highest BCUT2D eigenvalue weighted by Gasteiger charge is 2.26. The predicted molar refractivity (Wildman–Crippen MR) is 80.4 cm³/mol. The number of aryl methyl sites for hydroxylation is 1. The average Bonchev–Trinajstić information content (AvgIpc) is 2.57. The summed E-state index contributed by atoms with van der Waals surface area (Å²) in [4.78, 5) is 0. The number of fused-ring (bicyclic) bond motifs is 1. The van der Waals surface area contributed by atoms with Gasteiger partial charge in [-0.2, -0.15) is 0 Å². The van der Waals surface area contributed by atoms with Gasteiger partial charge in [-0.25, -0.2) is 0 Å². The molecule has 1 aliphatic carbocycles. The first-order valence-electron chi connectivity index (χ1n) is 7.59. The molecule has 2 heteroatoms. The summed E-state index contributed by atoms with van der Waals surface area (Å²) in [6, 6.07) is 9.13. The topological polar surface area (TPSA) is 21.3 Å². The van der Waals surface area contributed by atoms with Gasteiger partial charge in [-0.3, -0.25) is 0 Å².